The minimum absolute atomic E-state index is 0.0153. The average molecular weight is 737 g/mol. The van der Waals surface area contributed by atoms with Gasteiger partial charge in [-0.15, -0.1) is 0 Å². The molecule has 0 aromatic heterocycles. The van der Waals surface area contributed by atoms with E-state index in [-0.39, 0.29) is 43.5 Å². The minimum Gasteiger partial charge on any atom is -0.460 e. The van der Waals surface area contributed by atoms with Gasteiger partial charge in [0.15, 0.2) is 23.7 Å². The number of aliphatic hydroxyl groups is 2. The number of fused-ring (bicyclic) bond motifs is 3. The second-order valence-electron chi connectivity index (χ2n) is 12.0. The quantitative estimate of drug-likeness (QED) is 0.151. The molecule has 0 radical (unpaired) electrons. The van der Waals surface area contributed by atoms with Crippen molar-refractivity contribution in [3.63, 3.8) is 0 Å². The van der Waals surface area contributed by atoms with E-state index in [0.717, 1.165) is 6.92 Å². The molecule has 3 heterocycles. The molecule has 5 atom stereocenters. The molecule has 6 rings (SSSR count). The van der Waals surface area contributed by atoms with Crippen molar-refractivity contribution in [2.45, 2.75) is 64.4 Å². The Bertz CT molecular complexity index is 1950. The van der Waals surface area contributed by atoms with Gasteiger partial charge in [0, 0.05) is 23.4 Å². The SMILES string of the molecule is C=CCOC(=O)O[C@H]1[C@H](OC(C)=O)[C@@H](OC(=O)OCC=C)C(Oc2c3c(c(-c4ccc5c(c4)OCO5)c4cc(CO)c(CO)cc24)C(=O)OC3)O[C@@H]1C. The van der Waals surface area contributed by atoms with E-state index in [1.54, 1.807) is 30.3 Å². The molecule has 16 nitrogen and oxygen atoms in total. The predicted octanol–water partition coefficient (Wildman–Crippen LogP) is 4.36. The van der Waals surface area contributed by atoms with Gasteiger partial charge in [-0.05, 0) is 53.3 Å². The second-order valence-corrected chi connectivity index (χ2v) is 12.0. The summed E-state index contributed by atoms with van der Waals surface area (Å²) >= 11 is 0. The molecule has 0 saturated carbocycles. The molecule has 1 saturated heterocycles. The summed E-state index contributed by atoms with van der Waals surface area (Å²) in [5.74, 6) is -0.525. The Morgan fingerprint density at radius 2 is 1.47 bits per heavy atom. The molecule has 0 bridgehead atoms. The summed E-state index contributed by atoms with van der Waals surface area (Å²) in [6, 6.07) is 8.34. The maximum absolute atomic E-state index is 13.5. The molecule has 1 unspecified atom stereocenters. The molecule has 16 heteroatoms. The molecular weight excluding hydrogens is 700 g/mol. The van der Waals surface area contributed by atoms with E-state index < -0.39 is 68.2 Å². The molecule has 3 aliphatic heterocycles. The molecule has 0 spiro atoms. The summed E-state index contributed by atoms with van der Waals surface area (Å²) in [5, 5.41) is 21.3. The number of benzene rings is 3. The molecule has 0 aliphatic carbocycles. The number of esters is 2. The van der Waals surface area contributed by atoms with Crippen LogP contribution in [0.15, 0.2) is 55.6 Å². The largest absolute Gasteiger partial charge is 0.509 e. The first-order valence-corrected chi connectivity index (χ1v) is 16.4. The summed E-state index contributed by atoms with van der Waals surface area (Å²) in [4.78, 5) is 51.4. The van der Waals surface area contributed by atoms with Gasteiger partial charge in [-0.3, -0.25) is 4.79 Å². The Balaban J connectivity index is 1.52. The first-order valence-electron chi connectivity index (χ1n) is 16.4. The van der Waals surface area contributed by atoms with Crippen LogP contribution in [0.5, 0.6) is 17.2 Å². The number of ether oxygens (including phenoxy) is 10. The lowest BCUT2D eigenvalue weighted by Gasteiger charge is -2.43. The lowest BCUT2D eigenvalue weighted by atomic mass is 9.87. The highest BCUT2D eigenvalue weighted by molar-refractivity contribution is 6.13. The van der Waals surface area contributed by atoms with Gasteiger partial charge in [-0.2, -0.15) is 0 Å². The van der Waals surface area contributed by atoms with Crippen LogP contribution < -0.4 is 14.2 Å². The standard InChI is InChI=1S/C37H36O16/c1-5-9-44-36(42)52-30-18(3)49-35(33(32(30)50-19(4)40)53-37(43)45-10-6-2)51-31-24-12-22(15-39)21(14-38)11-23(24)28(29-25(31)16-46-34(29)41)20-7-8-26-27(13-20)48-17-47-26/h5-8,11-13,18,30,32-33,35,38-39H,1-2,9-10,14-17H2,3-4H3/t18-,30-,32+,33-,35?/m1/s1. The van der Waals surface area contributed by atoms with E-state index in [4.69, 9.17) is 47.4 Å². The van der Waals surface area contributed by atoms with Gasteiger partial charge in [0.05, 0.1) is 18.8 Å². The third-order valence-electron chi connectivity index (χ3n) is 8.60. The van der Waals surface area contributed by atoms with Gasteiger partial charge in [-0.1, -0.05) is 31.4 Å². The molecule has 2 N–H and O–H groups in total. The number of carbonyl (C=O) groups excluding carboxylic acids is 4. The van der Waals surface area contributed by atoms with Crippen molar-refractivity contribution < 1.29 is 76.8 Å². The molecule has 0 amide bonds. The molecule has 280 valence electrons. The maximum atomic E-state index is 13.5. The number of rotatable bonds is 12. The first kappa shape index (κ1) is 36.9. The highest BCUT2D eigenvalue weighted by atomic mass is 16.8. The van der Waals surface area contributed by atoms with Crippen LogP contribution in [0.4, 0.5) is 9.59 Å². The van der Waals surface area contributed by atoms with Gasteiger partial charge in [-0.25, -0.2) is 14.4 Å². The van der Waals surface area contributed by atoms with Crippen LogP contribution in [0, 0.1) is 0 Å². The zero-order chi connectivity index (χ0) is 37.8. The molecule has 3 aromatic rings. The summed E-state index contributed by atoms with van der Waals surface area (Å²) in [7, 11) is 0. The van der Waals surface area contributed by atoms with Crippen LogP contribution in [0.3, 0.4) is 0 Å². The number of hydrogen-bond acceptors (Lipinski definition) is 16. The van der Waals surface area contributed by atoms with Crippen molar-refractivity contribution in [3.8, 4) is 28.4 Å². The Morgan fingerprint density at radius 1 is 0.830 bits per heavy atom. The van der Waals surface area contributed by atoms with Crippen molar-refractivity contribution >= 4 is 35.0 Å². The summed E-state index contributed by atoms with van der Waals surface area (Å²) in [6.07, 6.45) is -7.03. The Hall–Kier alpha value is -5.84. The maximum Gasteiger partial charge on any atom is 0.509 e. The topological polar surface area (TPSA) is 201 Å². The number of carbonyl (C=O) groups is 4. The van der Waals surface area contributed by atoms with E-state index >= 15 is 0 Å². The fourth-order valence-corrected chi connectivity index (χ4v) is 6.34. The number of aliphatic hydroxyl groups excluding tert-OH is 2. The van der Waals surface area contributed by atoms with Gasteiger partial charge in [0.25, 0.3) is 0 Å². The summed E-state index contributed by atoms with van der Waals surface area (Å²) < 4.78 is 56.0. The van der Waals surface area contributed by atoms with Crippen LogP contribution in [0.2, 0.25) is 0 Å². The molecule has 3 aliphatic rings. The average Bonchev–Trinajstić information content (AvgIpc) is 3.78. The van der Waals surface area contributed by atoms with Crippen LogP contribution >= 0.6 is 0 Å². The van der Waals surface area contributed by atoms with Crippen molar-refractivity contribution in [2.24, 2.45) is 0 Å². The zero-order valence-corrected chi connectivity index (χ0v) is 28.7. The van der Waals surface area contributed by atoms with Gasteiger partial charge >= 0.3 is 24.2 Å². The second kappa shape index (κ2) is 15.8. The summed E-state index contributed by atoms with van der Waals surface area (Å²) in [5.41, 5.74) is 2.08. The lowest BCUT2D eigenvalue weighted by molar-refractivity contribution is -0.275. The fraction of sp³-hybridized carbons (Fsp3) is 0.351. The molecule has 53 heavy (non-hydrogen) atoms. The predicted molar refractivity (Wildman–Crippen MR) is 180 cm³/mol. The van der Waals surface area contributed by atoms with Gasteiger partial charge in [0.1, 0.15) is 31.7 Å². The van der Waals surface area contributed by atoms with Crippen LogP contribution in [-0.4, -0.2) is 85.2 Å². The smallest absolute Gasteiger partial charge is 0.460 e. The Labute approximate surface area is 302 Å². The number of cyclic esters (lactones) is 1. The first-order chi connectivity index (χ1) is 25.6. The van der Waals surface area contributed by atoms with Crippen molar-refractivity contribution in [2.75, 3.05) is 20.0 Å². The summed E-state index contributed by atoms with van der Waals surface area (Å²) in [6.45, 7) is 8.02. The van der Waals surface area contributed by atoms with Gasteiger partial charge in [0.2, 0.25) is 19.2 Å². The Kier molecular flexibility index (Phi) is 11.0. The molecule has 3 aromatic carbocycles. The highest BCUT2D eigenvalue weighted by Gasteiger charge is 2.53. The van der Waals surface area contributed by atoms with E-state index in [0.29, 0.717) is 44.5 Å². The van der Waals surface area contributed by atoms with Crippen molar-refractivity contribution in [3.05, 3.63) is 77.9 Å². The number of hydrogen-bond donors (Lipinski definition) is 2. The highest BCUT2D eigenvalue weighted by Crippen LogP contribution is 2.48. The fourth-order valence-electron chi connectivity index (χ4n) is 6.34. The Morgan fingerprint density at radius 3 is 2.11 bits per heavy atom. The van der Waals surface area contributed by atoms with E-state index in [9.17, 15) is 29.4 Å². The van der Waals surface area contributed by atoms with E-state index in [1.165, 1.54) is 19.1 Å². The normalized spacial score (nSPS) is 21.2. The third-order valence-corrected chi connectivity index (χ3v) is 8.60. The third kappa shape index (κ3) is 7.42. The van der Waals surface area contributed by atoms with Crippen LogP contribution in [-0.2, 0) is 57.8 Å². The van der Waals surface area contributed by atoms with Crippen molar-refractivity contribution in [1.82, 2.24) is 0 Å². The lowest BCUT2D eigenvalue weighted by Crippen LogP contribution is -2.62. The van der Waals surface area contributed by atoms with Gasteiger partial charge < -0.3 is 57.6 Å². The zero-order valence-electron chi connectivity index (χ0n) is 28.7. The van der Waals surface area contributed by atoms with Crippen LogP contribution in [0.25, 0.3) is 21.9 Å². The minimum atomic E-state index is -1.66. The van der Waals surface area contributed by atoms with E-state index in [2.05, 4.69) is 13.2 Å². The van der Waals surface area contributed by atoms with Crippen molar-refractivity contribution in [1.29, 1.82) is 0 Å². The van der Waals surface area contributed by atoms with Crippen LogP contribution in [0.1, 0.15) is 40.9 Å². The molecule has 1 fully saturated rings. The monoisotopic (exact) mass is 736 g/mol. The van der Waals surface area contributed by atoms with E-state index in [1.807, 2.05) is 0 Å². The molecular formula is C37H36O16.